The largest absolute Gasteiger partial charge is 0.386 e. The minimum absolute atomic E-state index is 0.0334. The highest BCUT2D eigenvalue weighted by Crippen LogP contribution is 2.28. The molecule has 0 spiro atoms. The molecule has 1 atom stereocenters. The molecule has 2 heterocycles. The Labute approximate surface area is 179 Å². The number of halogens is 1. The number of anilines is 2. The van der Waals surface area contributed by atoms with Crippen LogP contribution in [0.2, 0.25) is 0 Å². The Morgan fingerprint density at radius 1 is 1.20 bits per heavy atom. The molecule has 0 aliphatic carbocycles. The van der Waals surface area contributed by atoms with Gasteiger partial charge in [0.2, 0.25) is 5.91 Å². The number of aromatic nitrogens is 1. The van der Waals surface area contributed by atoms with E-state index < -0.39 is 5.92 Å². The standard InChI is InChI=1S/C24H33FN4O/c1-16(17-8-10-20(26-5)19(25)14-17)23(30)27-15-18-9-11-21(24(2,3)4)28-22(18)29-12-6-7-13-29/h8-11,14,16,26H,6-7,12-13,15H2,1-5H3,(H,27,30). The predicted octanol–water partition coefficient (Wildman–Crippen LogP) is 4.58. The third-order valence-electron chi connectivity index (χ3n) is 5.74. The van der Waals surface area contributed by atoms with Crippen LogP contribution >= 0.6 is 0 Å². The van der Waals surface area contributed by atoms with Crippen LogP contribution in [0.4, 0.5) is 15.9 Å². The van der Waals surface area contributed by atoms with Crippen molar-refractivity contribution in [1.82, 2.24) is 10.3 Å². The van der Waals surface area contributed by atoms with Gasteiger partial charge in [-0.05, 0) is 43.5 Å². The fourth-order valence-corrected chi connectivity index (χ4v) is 3.73. The Hall–Kier alpha value is -2.63. The van der Waals surface area contributed by atoms with Crippen molar-refractivity contribution in [1.29, 1.82) is 0 Å². The quantitative estimate of drug-likeness (QED) is 0.729. The van der Waals surface area contributed by atoms with Gasteiger partial charge in [0.1, 0.15) is 11.6 Å². The van der Waals surface area contributed by atoms with Crippen LogP contribution < -0.4 is 15.5 Å². The molecule has 0 radical (unpaired) electrons. The summed E-state index contributed by atoms with van der Waals surface area (Å²) >= 11 is 0. The number of pyridine rings is 1. The van der Waals surface area contributed by atoms with Gasteiger partial charge < -0.3 is 15.5 Å². The van der Waals surface area contributed by atoms with E-state index in [1.54, 1.807) is 26.1 Å². The molecule has 0 bridgehead atoms. The molecule has 1 fully saturated rings. The number of nitrogens with zero attached hydrogens (tertiary/aromatic N) is 2. The van der Waals surface area contributed by atoms with Gasteiger partial charge in [-0.3, -0.25) is 4.79 Å². The number of carbonyl (C=O) groups excluding carboxylic acids is 1. The maximum atomic E-state index is 14.1. The Bertz CT molecular complexity index is 901. The Morgan fingerprint density at radius 2 is 1.90 bits per heavy atom. The molecule has 2 aromatic rings. The lowest BCUT2D eigenvalue weighted by atomic mass is 9.91. The number of carbonyl (C=O) groups is 1. The number of hydrogen-bond acceptors (Lipinski definition) is 4. The van der Waals surface area contributed by atoms with E-state index in [0.717, 1.165) is 30.2 Å². The van der Waals surface area contributed by atoms with Crippen LogP contribution in [0.5, 0.6) is 0 Å². The van der Waals surface area contributed by atoms with Crippen LogP contribution in [0.15, 0.2) is 30.3 Å². The summed E-state index contributed by atoms with van der Waals surface area (Å²) in [6.07, 6.45) is 2.33. The highest BCUT2D eigenvalue weighted by atomic mass is 19.1. The fourth-order valence-electron chi connectivity index (χ4n) is 3.73. The first-order chi connectivity index (χ1) is 14.2. The monoisotopic (exact) mass is 412 g/mol. The summed E-state index contributed by atoms with van der Waals surface area (Å²) in [5, 5.41) is 5.82. The summed E-state index contributed by atoms with van der Waals surface area (Å²) in [5.74, 6) is 0.0477. The van der Waals surface area contributed by atoms with Crippen LogP contribution in [-0.2, 0) is 16.8 Å². The molecule has 1 aromatic carbocycles. The maximum absolute atomic E-state index is 14.1. The molecule has 1 aliphatic rings. The van der Waals surface area contributed by atoms with E-state index in [2.05, 4.69) is 48.4 Å². The SMILES string of the molecule is CNc1ccc(C(C)C(=O)NCc2ccc(C(C)(C)C)nc2N2CCCC2)cc1F. The van der Waals surface area contributed by atoms with Crippen molar-refractivity contribution >= 4 is 17.4 Å². The zero-order chi connectivity index (χ0) is 21.9. The van der Waals surface area contributed by atoms with E-state index in [1.807, 2.05) is 0 Å². The fraction of sp³-hybridized carbons (Fsp3) is 0.500. The average molecular weight is 413 g/mol. The molecule has 6 heteroatoms. The summed E-state index contributed by atoms with van der Waals surface area (Å²) in [7, 11) is 1.67. The van der Waals surface area contributed by atoms with Gasteiger partial charge in [0.25, 0.3) is 0 Å². The first-order valence-electron chi connectivity index (χ1n) is 10.7. The number of rotatable bonds is 6. The molecule has 1 saturated heterocycles. The number of hydrogen-bond donors (Lipinski definition) is 2. The van der Waals surface area contributed by atoms with Gasteiger partial charge in [0, 0.05) is 43.4 Å². The molecule has 3 rings (SSSR count). The van der Waals surface area contributed by atoms with Crippen molar-refractivity contribution in [3.8, 4) is 0 Å². The van der Waals surface area contributed by atoms with E-state index in [4.69, 9.17) is 4.98 Å². The number of benzene rings is 1. The highest BCUT2D eigenvalue weighted by molar-refractivity contribution is 5.83. The topological polar surface area (TPSA) is 57.3 Å². The lowest BCUT2D eigenvalue weighted by Crippen LogP contribution is -2.30. The lowest BCUT2D eigenvalue weighted by molar-refractivity contribution is -0.122. The maximum Gasteiger partial charge on any atom is 0.227 e. The van der Waals surface area contributed by atoms with Gasteiger partial charge in [-0.15, -0.1) is 0 Å². The van der Waals surface area contributed by atoms with Crippen LogP contribution in [0.25, 0.3) is 0 Å². The van der Waals surface area contributed by atoms with Crippen molar-refractivity contribution in [3.05, 3.63) is 53.0 Å². The van der Waals surface area contributed by atoms with Gasteiger partial charge in [0.15, 0.2) is 0 Å². The lowest BCUT2D eigenvalue weighted by Gasteiger charge is -2.25. The Balaban J connectivity index is 1.75. The van der Waals surface area contributed by atoms with E-state index in [9.17, 15) is 9.18 Å². The third kappa shape index (κ3) is 4.91. The molecule has 1 aromatic heterocycles. The van der Waals surface area contributed by atoms with Crippen LogP contribution in [0, 0.1) is 5.82 Å². The normalized spacial score (nSPS) is 15.2. The van der Waals surface area contributed by atoms with E-state index in [1.165, 1.54) is 18.9 Å². The smallest absolute Gasteiger partial charge is 0.227 e. The van der Waals surface area contributed by atoms with Gasteiger partial charge >= 0.3 is 0 Å². The summed E-state index contributed by atoms with van der Waals surface area (Å²) in [4.78, 5) is 20.0. The minimum atomic E-state index is -0.442. The summed E-state index contributed by atoms with van der Waals surface area (Å²) in [6, 6.07) is 9.00. The van der Waals surface area contributed by atoms with Crippen molar-refractivity contribution < 1.29 is 9.18 Å². The molecule has 30 heavy (non-hydrogen) atoms. The van der Waals surface area contributed by atoms with Gasteiger partial charge in [-0.1, -0.05) is 32.9 Å². The molecule has 162 valence electrons. The van der Waals surface area contributed by atoms with Gasteiger partial charge in [0.05, 0.1) is 11.6 Å². The first kappa shape index (κ1) is 22.1. The molecule has 5 nitrogen and oxygen atoms in total. The average Bonchev–Trinajstić information content (AvgIpc) is 3.25. The van der Waals surface area contributed by atoms with E-state index in [0.29, 0.717) is 17.8 Å². The van der Waals surface area contributed by atoms with E-state index >= 15 is 0 Å². The summed E-state index contributed by atoms with van der Waals surface area (Å²) in [6.45, 7) is 10.7. The Morgan fingerprint density at radius 3 is 2.50 bits per heavy atom. The van der Waals surface area contributed by atoms with Crippen LogP contribution in [0.1, 0.15) is 63.3 Å². The second-order valence-corrected chi connectivity index (χ2v) is 9.05. The zero-order valence-electron chi connectivity index (χ0n) is 18.7. The molecule has 1 aliphatic heterocycles. The molecule has 1 amide bonds. The van der Waals surface area contributed by atoms with Crippen molar-refractivity contribution in [2.24, 2.45) is 0 Å². The van der Waals surface area contributed by atoms with Gasteiger partial charge in [-0.2, -0.15) is 0 Å². The predicted molar refractivity (Wildman–Crippen MR) is 121 cm³/mol. The molecule has 0 saturated carbocycles. The zero-order valence-corrected chi connectivity index (χ0v) is 18.7. The van der Waals surface area contributed by atoms with E-state index in [-0.39, 0.29) is 17.1 Å². The minimum Gasteiger partial charge on any atom is -0.386 e. The third-order valence-corrected chi connectivity index (χ3v) is 5.74. The highest BCUT2D eigenvalue weighted by Gasteiger charge is 2.23. The number of amides is 1. The summed E-state index contributed by atoms with van der Waals surface area (Å²) in [5.41, 5.74) is 3.11. The second kappa shape index (κ2) is 9.02. The molecular formula is C24H33FN4O. The molecular weight excluding hydrogens is 379 g/mol. The summed E-state index contributed by atoms with van der Waals surface area (Å²) < 4.78 is 14.1. The van der Waals surface area contributed by atoms with Gasteiger partial charge in [-0.25, -0.2) is 9.37 Å². The number of nitrogens with one attached hydrogen (secondary N) is 2. The first-order valence-corrected chi connectivity index (χ1v) is 10.7. The molecule has 1 unspecified atom stereocenters. The molecule has 2 N–H and O–H groups in total. The van der Waals surface area contributed by atoms with Crippen LogP contribution in [0.3, 0.4) is 0 Å². The van der Waals surface area contributed by atoms with Crippen molar-refractivity contribution in [3.63, 3.8) is 0 Å². The Kier molecular flexibility index (Phi) is 6.64. The van der Waals surface area contributed by atoms with Crippen molar-refractivity contribution in [2.45, 2.75) is 58.4 Å². The van der Waals surface area contributed by atoms with Crippen LogP contribution in [-0.4, -0.2) is 31.0 Å². The second-order valence-electron chi connectivity index (χ2n) is 9.05. The van der Waals surface area contributed by atoms with Crippen molar-refractivity contribution in [2.75, 3.05) is 30.4 Å².